The molecular weight excluding hydrogens is 366 g/mol. The minimum Gasteiger partial charge on any atom is -0.508 e. The van der Waals surface area contributed by atoms with Crippen LogP contribution in [0.5, 0.6) is 5.75 Å². The molecule has 146 valence electrons. The second kappa shape index (κ2) is 7.92. The van der Waals surface area contributed by atoms with Crippen molar-refractivity contribution in [3.63, 3.8) is 0 Å². The highest BCUT2D eigenvalue weighted by Gasteiger charge is 2.19. The average Bonchev–Trinajstić information content (AvgIpc) is 3.14. The first kappa shape index (κ1) is 18.3. The number of aromatic hydroxyl groups is 1. The second-order valence-electron chi connectivity index (χ2n) is 7.55. The summed E-state index contributed by atoms with van der Waals surface area (Å²) >= 11 is 0. The molecule has 0 aliphatic rings. The van der Waals surface area contributed by atoms with Gasteiger partial charge in [-0.05, 0) is 59.9 Å². The Labute approximate surface area is 176 Å². The summed E-state index contributed by atoms with van der Waals surface area (Å²) in [6.45, 7) is 0. The number of rotatable bonds is 5. The predicted molar refractivity (Wildman–Crippen MR) is 124 cm³/mol. The molecule has 5 rings (SSSR count). The molecule has 2 nitrogen and oxygen atoms in total. The Kier molecular flexibility index (Phi) is 4.82. The van der Waals surface area contributed by atoms with Crippen LogP contribution in [-0.4, -0.2) is 9.67 Å². The summed E-state index contributed by atoms with van der Waals surface area (Å²) in [6, 6.07) is 37.3. The second-order valence-corrected chi connectivity index (χ2v) is 7.55. The van der Waals surface area contributed by atoms with E-state index in [1.165, 1.54) is 33.3 Å². The van der Waals surface area contributed by atoms with Crippen LogP contribution >= 0.6 is 0 Å². The van der Waals surface area contributed by atoms with Crippen LogP contribution in [0.2, 0.25) is 0 Å². The first-order valence-corrected chi connectivity index (χ1v) is 10.3. The minimum absolute atomic E-state index is 0.278. The quantitative estimate of drug-likeness (QED) is 0.352. The topological polar surface area (TPSA) is 25.2 Å². The number of aryl methyl sites for hydroxylation is 2. The van der Waals surface area contributed by atoms with Gasteiger partial charge in [0, 0.05) is 11.1 Å². The average molecular weight is 389 g/mol. The highest BCUT2D eigenvalue weighted by molar-refractivity contribution is 5.93. The summed E-state index contributed by atoms with van der Waals surface area (Å²) in [4.78, 5) is 0. The Morgan fingerprint density at radius 3 is 1.97 bits per heavy atom. The number of aromatic nitrogens is 1. The molecule has 0 unspecified atom stereocenters. The summed E-state index contributed by atoms with van der Waals surface area (Å²) in [5, 5.41) is 11.1. The van der Waals surface area contributed by atoms with Crippen molar-refractivity contribution in [3.05, 3.63) is 120 Å². The number of phenolic OH excluding ortho intramolecular Hbond substituents is 1. The van der Waals surface area contributed by atoms with E-state index in [0.717, 1.165) is 18.5 Å². The minimum atomic E-state index is 0.278. The molecule has 0 radical (unpaired) electrons. The molecule has 0 fully saturated rings. The lowest BCUT2D eigenvalue weighted by atomic mass is 9.98. The number of hydrogen-bond acceptors (Lipinski definition) is 1. The Hall–Kier alpha value is -3.78. The number of fused-ring (bicyclic) bond motifs is 1. The van der Waals surface area contributed by atoms with Crippen molar-refractivity contribution >= 4 is 10.9 Å². The first-order valence-electron chi connectivity index (χ1n) is 10.3. The smallest absolute Gasteiger partial charge is 0.115 e. The van der Waals surface area contributed by atoms with Crippen molar-refractivity contribution in [3.8, 4) is 22.7 Å². The molecule has 1 aromatic heterocycles. The molecule has 0 spiro atoms. The van der Waals surface area contributed by atoms with E-state index < -0.39 is 0 Å². The maximum absolute atomic E-state index is 9.81. The number of para-hydroxylation sites is 1. The predicted octanol–water partition coefficient (Wildman–Crippen LogP) is 6.79. The van der Waals surface area contributed by atoms with Gasteiger partial charge in [-0.3, -0.25) is 0 Å². The molecule has 0 atom stereocenters. The number of benzene rings is 4. The van der Waals surface area contributed by atoms with Crippen LogP contribution in [0.3, 0.4) is 0 Å². The molecule has 5 aromatic rings. The van der Waals surface area contributed by atoms with Crippen LogP contribution in [0, 0.1) is 0 Å². The summed E-state index contributed by atoms with van der Waals surface area (Å²) in [7, 11) is 0. The van der Waals surface area contributed by atoms with Gasteiger partial charge >= 0.3 is 0 Å². The summed E-state index contributed by atoms with van der Waals surface area (Å²) in [6.07, 6.45) is 1.95. The Morgan fingerprint density at radius 1 is 0.600 bits per heavy atom. The van der Waals surface area contributed by atoms with Crippen molar-refractivity contribution in [1.29, 1.82) is 0 Å². The zero-order valence-corrected chi connectivity index (χ0v) is 16.7. The Bertz CT molecular complexity index is 1270. The van der Waals surface area contributed by atoms with Gasteiger partial charge < -0.3 is 9.67 Å². The van der Waals surface area contributed by atoms with Crippen molar-refractivity contribution in [1.82, 2.24) is 4.57 Å². The van der Waals surface area contributed by atoms with E-state index in [2.05, 4.69) is 89.5 Å². The third-order valence-corrected chi connectivity index (χ3v) is 5.64. The molecule has 4 aromatic carbocycles. The molecule has 0 saturated carbocycles. The highest BCUT2D eigenvalue weighted by atomic mass is 16.3. The third kappa shape index (κ3) is 3.37. The molecule has 1 N–H and O–H groups in total. The van der Waals surface area contributed by atoms with E-state index in [-0.39, 0.29) is 5.75 Å². The summed E-state index contributed by atoms with van der Waals surface area (Å²) in [5.41, 5.74) is 7.36. The van der Waals surface area contributed by atoms with Crippen LogP contribution in [0.15, 0.2) is 109 Å². The molecule has 1 heterocycles. The van der Waals surface area contributed by atoms with Crippen LogP contribution in [0.4, 0.5) is 0 Å². The lowest BCUT2D eigenvalue weighted by molar-refractivity contribution is 0.475. The highest BCUT2D eigenvalue weighted by Crippen LogP contribution is 2.37. The monoisotopic (exact) mass is 389 g/mol. The van der Waals surface area contributed by atoms with Gasteiger partial charge in [-0.1, -0.05) is 78.9 Å². The van der Waals surface area contributed by atoms with Gasteiger partial charge in [-0.2, -0.15) is 0 Å². The van der Waals surface area contributed by atoms with Crippen molar-refractivity contribution in [2.24, 2.45) is 0 Å². The fourth-order valence-electron chi connectivity index (χ4n) is 4.24. The number of phenols is 1. The molecule has 0 bridgehead atoms. The number of hydrogen-bond donors (Lipinski definition) is 1. The zero-order valence-electron chi connectivity index (χ0n) is 16.7. The third-order valence-electron chi connectivity index (χ3n) is 5.64. The molecule has 0 amide bonds. The summed E-state index contributed by atoms with van der Waals surface area (Å²) in [5.74, 6) is 0.278. The fraction of sp³-hybridized carbons (Fsp3) is 0.0714. The van der Waals surface area contributed by atoms with Gasteiger partial charge in [0.05, 0.1) is 11.2 Å². The van der Waals surface area contributed by atoms with Crippen LogP contribution in [0.25, 0.3) is 27.8 Å². The molecule has 0 aliphatic carbocycles. The molecule has 2 heteroatoms. The van der Waals surface area contributed by atoms with Crippen LogP contribution in [-0.2, 0) is 12.8 Å². The standard InChI is InChI=1S/C28H23NO/c30-24-18-16-23(17-19-24)29-27-14-8-7-13-25(27)26(20-15-21-9-3-1-4-10-21)28(29)22-11-5-2-6-12-22/h1-14,16-19,30H,15,20H2. The van der Waals surface area contributed by atoms with E-state index in [1.807, 2.05) is 12.1 Å². The van der Waals surface area contributed by atoms with Gasteiger partial charge in [-0.25, -0.2) is 0 Å². The largest absolute Gasteiger partial charge is 0.508 e. The molecule has 0 aliphatic heterocycles. The zero-order chi connectivity index (χ0) is 20.3. The van der Waals surface area contributed by atoms with Gasteiger partial charge in [0.1, 0.15) is 5.75 Å². The Morgan fingerprint density at radius 2 is 1.23 bits per heavy atom. The lowest BCUT2D eigenvalue weighted by Gasteiger charge is -2.13. The van der Waals surface area contributed by atoms with Gasteiger partial charge in [-0.15, -0.1) is 0 Å². The summed E-state index contributed by atoms with van der Waals surface area (Å²) < 4.78 is 2.32. The van der Waals surface area contributed by atoms with E-state index in [4.69, 9.17) is 0 Å². The van der Waals surface area contributed by atoms with Crippen molar-refractivity contribution < 1.29 is 5.11 Å². The first-order chi connectivity index (χ1) is 14.8. The lowest BCUT2D eigenvalue weighted by Crippen LogP contribution is -1.99. The number of nitrogens with zero attached hydrogens (tertiary/aromatic N) is 1. The van der Waals surface area contributed by atoms with Gasteiger partial charge in [0.15, 0.2) is 0 Å². The Balaban J connectivity index is 1.74. The molecular formula is C28H23NO. The van der Waals surface area contributed by atoms with Crippen LogP contribution < -0.4 is 0 Å². The van der Waals surface area contributed by atoms with E-state index >= 15 is 0 Å². The van der Waals surface area contributed by atoms with Crippen molar-refractivity contribution in [2.45, 2.75) is 12.8 Å². The van der Waals surface area contributed by atoms with Gasteiger partial charge in [0.25, 0.3) is 0 Å². The van der Waals surface area contributed by atoms with E-state index in [0.29, 0.717) is 0 Å². The van der Waals surface area contributed by atoms with E-state index in [1.54, 1.807) is 12.1 Å². The molecule has 30 heavy (non-hydrogen) atoms. The maximum atomic E-state index is 9.81. The SMILES string of the molecule is Oc1ccc(-n2c(-c3ccccc3)c(CCc3ccccc3)c3ccccc32)cc1. The molecule has 0 saturated heterocycles. The van der Waals surface area contributed by atoms with E-state index in [9.17, 15) is 5.11 Å². The van der Waals surface area contributed by atoms with Gasteiger partial charge in [0.2, 0.25) is 0 Å². The van der Waals surface area contributed by atoms with Crippen LogP contribution in [0.1, 0.15) is 11.1 Å². The van der Waals surface area contributed by atoms with Crippen molar-refractivity contribution in [2.75, 3.05) is 0 Å². The fourth-order valence-corrected chi connectivity index (χ4v) is 4.24. The normalized spacial score (nSPS) is 11.1. The maximum Gasteiger partial charge on any atom is 0.115 e.